The fraction of sp³-hybridized carbons (Fsp3) is 0.483. The first-order valence-electron chi connectivity index (χ1n) is 13.0. The molecule has 0 unspecified atom stereocenters. The third-order valence-corrected chi connectivity index (χ3v) is 6.26. The van der Waals surface area contributed by atoms with E-state index in [2.05, 4.69) is 25.7 Å². The minimum Gasteiger partial charge on any atom is -0.497 e. The Morgan fingerprint density at radius 2 is 1.72 bits per heavy atom. The van der Waals surface area contributed by atoms with Crippen LogP contribution >= 0.6 is 0 Å². The highest BCUT2D eigenvalue weighted by Crippen LogP contribution is 2.36. The molecule has 0 spiro atoms. The van der Waals surface area contributed by atoms with Crippen LogP contribution in [0, 0.1) is 5.92 Å². The minimum atomic E-state index is -0.537. The van der Waals surface area contributed by atoms with Crippen LogP contribution in [0.5, 0.6) is 17.4 Å². The number of aliphatic hydroxyl groups excluding tert-OH is 1. The Labute approximate surface area is 214 Å². The molecular weight excluding hydrogens is 454 g/mol. The zero-order valence-corrected chi connectivity index (χ0v) is 21.9. The van der Waals surface area contributed by atoms with E-state index in [-0.39, 0.29) is 0 Å². The van der Waals surface area contributed by atoms with Crippen LogP contribution in [0.15, 0.2) is 54.6 Å². The number of benzene rings is 2. The number of aliphatic hydroxyl groups is 1. The highest BCUT2D eigenvalue weighted by molar-refractivity contribution is 5.44. The van der Waals surface area contributed by atoms with Gasteiger partial charge in [-0.2, -0.15) is 5.10 Å². The third-order valence-electron chi connectivity index (χ3n) is 6.26. The lowest BCUT2D eigenvalue weighted by molar-refractivity contribution is 0.00535. The van der Waals surface area contributed by atoms with E-state index >= 15 is 0 Å². The lowest BCUT2D eigenvalue weighted by Gasteiger charge is -2.25. The molecule has 1 aromatic heterocycles. The molecular formula is C29H39N3O4. The molecule has 1 saturated carbocycles. The van der Waals surface area contributed by atoms with E-state index in [1.807, 2.05) is 59.3 Å². The number of hydrogen-bond acceptors (Lipinski definition) is 6. The van der Waals surface area contributed by atoms with Crippen molar-refractivity contribution < 1.29 is 19.3 Å². The second-order valence-corrected chi connectivity index (χ2v) is 9.85. The van der Waals surface area contributed by atoms with Gasteiger partial charge in [-0.15, -0.1) is 0 Å². The molecule has 7 nitrogen and oxygen atoms in total. The first-order chi connectivity index (χ1) is 17.5. The van der Waals surface area contributed by atoms with Crippen molar-refractivity contribution in [1.82, 2.24) is 14.7 Å². The van der Waals surface area contributed by atoms with Gasteiger partial charge in [-0.05, 0) is 61.6 Å². The van der Waals surface area contributed by atoms with Gasteiger partial charge >= 0.3 is 0 Å². The van der Waals surface area contributed by atoms with E-state index < -0.39 is 6.10 Å². The van der Waals surface area contributed by atoms with E-state index in [9.17, 15) is 5.11 Å². The van der Waals surface area contributed by atoms with Gasteiger partial charge in [0, 0.05) is 25.7 Å². The summed E-state index contributed by atoms with van der Waals surface area (Å²) in [4.78, 5) is 2.36. The van der Waals surface area contributed by atoms with E-state index in [1.165, 1.54) is 0 Å². The fourth-order valence-corrected chi connectivity index (χ4v) is 4.27. The van der Waals surface area contributed by atoms with Crippen LogP contribution in [0.2, 0.25) is 0 Å². The average molecular weight is 494 g/mol. The highest BCUT2D eigenvalue weighted by Gasteiger charge is 2.33. The average Bonchev–Trinajstić information content (AvgIpc) is 3.68. The van der Waals surface area contributed by atoms with Crippen molar-refractivity contribution in [2.75, 3.05) is 26.9 Å². The lowest BCUT2D eigenvalue weighted by Crippen LogP contribution is -2.36. The maximum absolute atomic E-state index is 10.7. The molecule has 1 N–H and O–H groups in total. The molecule has 3 aromatic rings. The second kappa shape index (κ2) is 12.4. The number of ether oxygens (including phenoxy) is 3. The minimum absolute atomic E-state index is 0.348. The molecule has 0 radical (unpaired) electrons. The Hall–Kier alpha value is -2.87. The summed E-state index contributed by atoms with van der Waals surface area (Å²) < 4.78 is 19.4. The first kappa shape index (κ1) is 26.2. The van der Waals surface area contributed by atoms with Gasteiger partial charge in [-0.25, -0.2) is 4.68 Å². The number of methoxy groups -OCH3 is 1. The summed E-state index contributed by atoms with van der Waals surface area (Å²) >= 11 is 0. The van der Waals surface area contributed by atoms with Gasteiger partial charge in [-0.1, -0.05) is 39.0 Å². The summed E-state index contributed by atoms with van der Waals surface area (Å²) in [5.74, 6) is 2.66. The zero-order valence-electron chi connectivity index (χ0n) is 21.9. The number of aromatic nitrogens is 2. The van der Waals surface area contributed by atoms with Crippen LogP contribution in [0.4, 0.5) is 0 Å². The van der Waals surface area contributed by atoms with Gasteiger partial charge < -0.3 is 19.3 Å². The number of aryl methyl sites for hydroxylation is 1. The van der Waals surface area contributed by atoms with Crippen LogP contribution in [0.1, 0.15) is 44.9 Å². The number of para-hydroxylation sites is 1. The summed E-state index contributed by atoms with van der Waals surface area (Å²) in [6.07, 6.45) is 2.53. The lowest BCUT2D eigenvalue weighted by atomic mass is 10.1. The molecule has 2 aromatic carbocycles. The van der Waals surface area contributed by atoms with Gasteiger partial charge in [-0.3, -0.25) is 4.90 Å². The van der Waals surface area contributed by atoms with E-state index in [0.29, 0.717) is 44.1 Å². The van der Waals surface area contributed by atoms with Crippen LogP contribution in [0.3, 0.4) is 0 Å². The topological polar surface area (TPSA) is 69.0 Å². The van der Waals surface area contributed by atoms with Gasteiger partial charge in [0.15, 0.2) is 0 Å². The Morgan fingerprint density at radius 3 is 2.33 bits per heavy atom. The Morgan fingerprint density at radius 1 is 1.03 bits per heavy atom. The summed E-state index contributed by atoms with van der Waals surface area (Å²) in [5, 5.41) is 15.7. The smallest absolute Gasteiger partial charge is 0.227 e. The Bertz CT molecular complexity index is 1080. The van der Waals surface area contributed by atoms with Crippen molar-refractivity contribution in [3.05, 3.63) is 65.9 Å². The second-order valence-electron chi connectivity index (χ2n) is 9.85. The van der Waals surface area contributed by atoms with Crippen molar-refractivity contribution in [2.45, 2.75) is 58.7 Å². The molecule has 4 rings (SSSR count). The van der Waals surface area contributed by atoms with Crippen LogP contribution < -0.4 is 9.47 Å². The molecule has 1 aliphatic carbocycles. The van der Waals surface area contributed by atoms with Crippen molar-refractivity contribution in [2.24, 2.45) is 5.92 Å². The standard InChI is InChI=1S/C29H39N3O4/c1-5-28-27(18-31(22-11-12-22)17-24(33)20-35-19-21(2)3)29(32(30-28)23-9-7-6-8-10-23)36-26-15-13-25(34-4)14-16-26/h6-10,13-16,21-22,24,33H,5,11-12,17-20H2,1-4H3/t24-/m0/s1. The molecule has 7 heteroatoms. The zero-order chi connectivity index (χ0) is 25.5. The highest BCUT2D eigenvalue weighted by atomic mass is 16.5. The van der Waals surface area contributed by atoms with Crippen LogP contribution in [-0.4, -0.2) is 58.8 Å². The van der Waals surface area contributed by atoms with E-state index in [1.54, 1.807) is 7.11 Å². The van der Waals surface area contributed by atoms with Crippen LogP contribution in [0.25, 0.3) is 5.69 Å². The van der Waals surface area contributed by atoms with Gasteiger partial charge in [0.05, 0.1) is 36.8 Å². The summed E-state index contributed by atoms with van der Waals surface area (Å²) in [7, 11) is 1.65. The Kier molecular flexibility index (Phi) is 9.02. The molecule has 0 bridgehead atoms. The van der Waals surface area contributed by atoms with E-state index in [0.717, 1.165) is 47.7 Å². The predicted octanol–water partition coefficient (Wildman–Crippen LogP) is 5.23. The maximum Gasteiger partial charge on any atom is 0.227 e. The van der Waals surface area contributed by atoms with Gasteiger partial charge in [0.2, 0.25) is 5.88 Å². The van der Waals surface area contributed by atoms with Crippen molar-refractivity contribution in [1.29, 1.82) is 0 Å². The molecule has 1 atom stereocenters. The normalized spacial score (nSPS) is 14.4. The van der Waals surface area contributed by atoms with Gasteiger partial charge in [0.1, 0.15) is 11.5 Å². The van der Waals surface area contributed by atoms with Gasteiger partial charge in [0.25, 0.3) is 0 Å². The summed E-state index contributed by atoms with van der Waals surface area (Å²) in [6.45, 7) is 8.57. The van der Waals surface area contributed by atoms with Crippen molar-refractivity contribution in [3.8, 4) is 23.1 Å². The molecule has 1 aliphatic rings. The molecule has 1 heterocycles. The molecule has 0 saturated heterocycles. The largest absolute Gasteiger partial charge is 0.497 e. The fourth-order valence-electron chi connectivity index (χ4n) is 4.27. The molecule has 194 valence electrons. The summed E-state index contributed by atoms with van der Waals surface area (Å²) in [5.41, 5.74) is 3.00. The molecule has 0 aliphatic heterocycles. The van der Waals surface area contributed by atoms with Crippen molar-refractivity contribution >= 4 is 0 Å². The van der Waals surface area contributed by atoms with Crippen LogP contribution in [-0.2, 0) is 17.7 Å². The maximum atomic E-state index is 10.7. The number of nitrogens with zero attached hydrogens (tertiary/aromatic N) is 3. The molecule has 0 amide bonds. The SMILES string of the molecule is CCc1nn(-c2ccccc2)c(Oc2ccc(OC)cc2)c1CN(C[C@H](O)COCC(C)C)C1CC1. The number of rotatable bonds is 14. The monoisotopic (exact) mass is 493 g/mol. The quantitative estimate of drug-likeness (QED) is 0.332. The summed E-state index contributed by atoms with van der Waals surface area (Å²) in [6, 6.07) is 18.1. The van der Waals surface area contributed by atoms with Crippen molar-refractivity contribution in [3.63, 3.8) is 0 Å². The molecule has 1 fully saturated rings. The number of hydrogen-bond donors (Lipinski definition) is 1. The van der Waals surface area contributed by atoms with E-state index in [4.69, 9.17) is 19.3 Å². The Balaban J connectivity index is 1.63. The molecule has 36 heavy (non-hydrogen) atoms. The predicted molar refractivity (Wildman–Crippen MR) is 141 cm³/mol. The third kappa shape index (κ3) is 6.87. The first-order valence-corrected chi connectivity index (χ1v) is 13.0.